The summed E-state index contributed by atoms with van der Waals surface area (Å²) in [5.74, 6) is 0. The van der Waals surface area contributed by atoms with E-state index in [-0.39, 0.29) is 0 Å². The van der Waals surface area contributed by atoms with Crippen molar-refractivity contribution in [2.45, 2.75) is 34.1 Å². The third-order valence-corrected chi connectivity index (χ3v) is 9.17. The van der Waals surface area contributed by atoms with Gasteiger partial charge in [0.15, 0.2) is 0 Å². The summed E-state index contributed by atoms with van der Waals surface area (Å²) in [7, 11) is 0. The van der Waals surface area contributed by atoms with Crippen LogP contribution in [0.4, 0.5) is 0 Å². The van der Waals surface area contributed by atoms with Gasteiger partial charge in [0.1, 0.15) is 0 Å². The molecule has 7 aromatic carbocycles. The maximum absolute atomic E-state index is 2.47. The highest BCUT2D eigenvalue weighted by Gasteiger charge is 2.23. The first-order valence-corrected chi connectivity index (χ1v) is 15.3. The zero-order valence-corrected chi connectivity index (χ0v) is 25.3. The van der Waals surface area contributed by atoms with Gasteiger partial charge in [-0.25, -0.2) is 0 Å². The Labute approximate surface area is 254 Å². The second kappa shape index (κ2) is 9.82. The molecule has 0 aromatic heterocycles. The lowest BCUT2D eigenvalue weighted by Crippen LogP contribution is -1.94. The van der Waals surface area contributed by atoms with Gasteiger partial charge in [-0.2, -0.15) is 0 Å². The van der Waals surface area contributed by atoms with E-state index >= 15 is 0 Å². The molecule has 1 aliphatic rings. The maximum atomic E-state index is 2.47. The summed E-state index contributed by atoms with van der Waals surface area (Å²) in [6.07, 6.45) is 1.00. The molecule has 0 aliphatic heterocycles. The first-order valence-electron chi connectivity index (χ1n) is 15.3. The Kier molecular flexibility index (Phi) is 5.88. The minimum atomic E-state index is 1.00. The molecule has 0 saturated heterocycles. The molecule has 0 fully saturated rings. The monoisotopic (exact) mass is 550 g/mol. The van der Waals surface area contributed by atoms with Crippen molar-refractivity contribution < 1.29 is 0 Å². The zero-order valence-electron chi connectivity index (χ0n) is 25.3. The van der Waals surface area contributed by atoms with Crippen LogP contribution in [0.1, 0.15) is 33.4 Å². The minimum absolute atomic E-state index is 1.00. The molecule has 0 bridgehead atoms. The number of benzene rings is 7. The second-order valence-electron chi connectivity index (χ2n) is 12.5. The summed E-state index contributed by atoms with van der Waals surface area (Å²) < 4.78 is 0. The van der Waals surface area contributed by atoms with E-state index in [4.69, 9.17) is 0 Å². The predicted molar refractivity (Wildman–Crippen MR) is 185 cm³/mol. The lowest BCUT2D eigenvalue weighted by molar-refractivity contribution is 1.26. The van der Waals surface area contributed by atoms with E-state index < -0.39 is 0 Å². The Morgan fingerprint density at radius 3 is 1.51 bits per heavy atom. The molecule has 0 radical (unpaired) electrons. The van der Waals surface area contributed by atoms with Crippen molar-refractivity contribution >= 4 is 21.5 Å². The lowest BCUT2D eigenvalue weighted by Gasteiger charge is -2.20. The highest BCUT2D eigenvalue weighted by atomic mass is 14.3. The molecule has 206 valence electrons. The molecule has 7 aromatic rings. The van der Waals surface area contributed by atoms with Gasteiger partial charge in [-0.3, -0.25) is 0 Å². The van der Waals surface area contributed by atoms with Crippen LogP contribution in [0.5, 0.6) is 0 Å². The summed E-state index contributed by atoms with van der Waals surface area (Å²) in [6.45, 7) is 8.83. The topological polar surface area (TPSA) is 0 Å². The van der Waals surface area contributed by atoms with E-state index in [0.29, 0.717) is 0 Å². The van der Waals surface area contributed by atoms with Crippen LogP contribution in [0, 0.1) is 27.7 Å². The summed E-state index contributed by atoms with van der Waals surface area (Å²) >= 11 is 0. The zero-order chi connectivity index (χ0) is 29.2. The van der Waals surface area contributed by atoms with E-state index in [1.165, 1.54) is 99.4 Å². The van der Waals surface area contributed by atoms with E-state index in [9.17, 15) is 0 Å². The number of hydrogen-bond acceptors (Lipinski definition) is 0. The molecule has 0 heterocycles. The molecule has 0 saturated carbocycles. The molecule has 0 heteroatoms. The average Bonchev–Trinajstić information content (AvgIpc) is 3.37. The molecule has 8 rings (SSSR count). The van der Waals surface area contributed by atoms with Crippen molar-refractivity contribution in [2.24, 2.45) is 0 Å². The summed E-state index contributed by atoms with van der Waals surface area (Å²) in [5.41, 5.74) is 18.6. The Hall–Kier alpha value is -4.94. The number of rotatable bonds is 3. The van der Waals surface area contributed by atoms with Crippen LogP contribution < -0.4 is 0 Å². The van der Waals surface area contributed by atoms with Crippen LogP contribution in [0.3, 0.4) is 0 Å². The number of aryl methyl sites for hydroxylation is 4. The van der Waals surface area contributed by atoms with Crippen LogP contribution in [0.2, 0.25) is 0 Å². The summed E-state index contributed by atoms with van der Waals surface area (Å²) in [4.78, 5) is 0. The SMILES string of the molecule is Cc1cc(C)cc(-c2c3ccccc3c(-c3cc(C)cc(C)c3)c3cc(-c4cccc5c4-c4ccccc4C5)ccc23)c1. The van der Waals surface area contributed by atoms with Gasteiger partial charge in [-0.1, -0.05) is 138 Å². The fourth-order valence-corrected chi connectivity index (χ4v) is 7.64. The fraction of sp³-hybridized carbons (Fsp3) is 0.116. The van der Waals surface area contributed by atoms with Gasteiger partial charge >= 0.3 is 0 Å². The molecule has 0 nitrogen and oxygen atoms in total. The summed E-state index contributed by atoms with van der Waals surface area (Å²) in [6, 6.07) is 45.9. The Bertz CT molecular complexity index is 2200. The van der Waals surface area contributed by atoms with Gasteiger partial charge in [-0.05, 0) is 117 Å². The fourth-order valence-electron chi connectivity index (χ4n) is 7.64. The van der Waals surface area contributed by atoms with Crippen LogP contribution >= 0.6 is 0 Å². The maximum Gasteiger partial charge on any atom is -0.00132 e. The predicted octanol–water partition coefficient (Wildman–Crippen LogP) is 11.8. The molecule has 0 N–H and O–H groups in total. The largest absolute Gasteiger partial charge is 0.0619 e. The Morgan fingerprint density at radius 1 is 0.349 bits per heavy atom. The second-order valence-corrected chi connectivity index (χ2v) is 12.5. The van der Waals surface area contributed by atoms with Gasteiger partial charge in [-0.15, -0.1) is 0 Å². The quantitative estimate of drug-likeness (QED) is 0.192. The van der Waals surface area contributed by atoms with Crippen LogP contribution in [0.15, 0.2) is 121 Å². The molecule has 0 atom stereocenters. The minimum Gasteiger partial charge on any atom is -0.0619 e. The molecular weight excluding hydrogens is 516 g/mol. The standard InChI is InChI=1S/C43H34/c1-26-18-27(2)21-33(20-26)42-37-13-7-8-14-38(37)43(34-22-28(3)19-29(4)23-34)40-25-31(16-17-39(40)42)36-15-9-11-32-24-30-10-5-6-12-35(30)41(32)36/h5-23,25H,24H2,1-4H3. The van der Waals surface area contributed by atoms with E-state index in [0.717, 1.165) is 6.42 Å². The first-order chi connectivity index (χ1) is 20.9. The van der Waals surface area contributed by atoms with E-state index in [1.807, 2.05) is 0 Å². The normalized spacial score (nSPS) is 12.1. The Balaban J connectivity index is 1.51. The van der Waals surface area contributed by atoms with Crippen LogP contribution in [-0.2, 0) is 6.42 Å². The number of hydrogen-bond donors (Lipinski definition) is 0. The van der Waals surface area contributed by atoms with Crippen LogP contribution in [0.25, 0.3) is 66.1 Å². The van der Waals surface area contributed by atoms with Gasteiger partial charge in [0.05, 0.1) is 0 Å². The smallest absolute Gasteiger partial charge is 0.00132 e. The van der Waals surface area contributed by atoms with Crippen molar-refractivity contribution in [1.29, 1.82) is 0 Å². The third-order valence-electron chi connectivity index (χ3n) is 9.17. The van der Waals surface area contributed by atoms with Crippen molar-refractivity contribution in [2.75, 3.05) is 0 Å². The molecule has 1 aliphatic carbocycles. The first kappa shape index (κ1) is 25.7. The summed E-state index contributed by atoms with van der Waals surface area (Å²) in [5, 5.41) is 5.21. The van der Waals surface area contributed by atoms with E-state index in [1.54, 1.807) is 0 Å². The molecular formula is C43H34. The van der Waals surface area contributed by atoms with Gasteiger partial charge in [0, 0.05) is 0 Å². The molecule has 0 unspecified atom stereocenters. The van der Waals surface area contributed by atoms with Gasteiger partial charge in [0.25, 0.3) is 0 Å². The van der Waals surface area contributed by atoms with Crippen molar-refractivity contribution in [3.63, 3.8) is 0 Å². The highest BCUT2D eigenvalue weighted by molar-refractivity contribution is 6.22. The molecule has 0 amide bonds. The highest BCUT2D eigenvalue weighted by Crippen LogP contribution is 2.47. The van der Waals surface area contributed by atoms with Crippen LogP contribution in [-0.4, -0.2) is 0 Å². The average molecular weight is 551 g/mol. The van der Waals surface area contributed by atoms with Crippen molar-refractivity contribution in [3.05, 3.63) is 155 Å². The van der Waals surface area contributed by atoms with E-state index in [2.05, 4.69) is 149 Å². The third kappa shape index (κ3) is 4.21. The van der Waals surface area contributed by atoms with Crippen molar-refractivity contribution in [1.82, 2.24) is 0 Å². The van der Waals surface area contributed by atoms with Crippen molar-refractivity contribution in [3.8, 4) is 44.5 Å². The molecule has 43 heavy (non-hydrogen) atoms. The lowest BCUT2D eigenvalue weighted by atomic mass is 9.83. The molecule has 0 spiro atoms. The number of fused-ring (bicyclic) bond motifs is 5. The Morgan fingerprint density at radius 2 is 0.860 bits per heavy atom. The van der Waals surface area contributed by atoms with Gasteiger partial charge < -0.3 is 0 Å². The van der Waals surface area contributed by atoms with Gasteiger partial charge in [0.2, 0.25) is 0 Å².